The number of carbonyl (C=O) groups is 2. The predicted molar refractivity (Wildman–Crippen MR) is 132 cm³/mol. The number of rotatable bonds is 4. The second-order valence-corrected chi connectivity index (χ2v) is 9.47. The third-order valence-corrected chi connectivity index (χ3v) is 7.54. The van der Waals surface area contributed by atoms with Gasteiger partial charge in [0.05, 0.1) is 30.4 Å². The standard InChI is InChI=1S/C27H26N2O3S/c1-3-25(31)29-22-8-5-4-7-20(22)28-21-15-18(17-10-12-19(32-2)13-11-17)16-23(30)26(21)27(29)24-9-6-14-33-24/h4-14,18,26-27H,3,15-16H2,1-2H3. The molecular formula is C27H26N2O3S. The molecule has 2 aliphatic rings. The third-order valence-electron chi connectivity index (χ3n) is 6.60. The van der Waals surface area contributed by atoms with Gasteiger partial charge in [-0.2, -0.15) is 0 Å². The van der Waals surface area contributed by atoms with Crippen LogP contribution in [0.5, 0.6) is 5.75 Å². The van der Waals surface area contributed by atoms with Gasteiger partial charge in [0.1, 0.15) is 11.5 Å². The van der Waals surface area contributed by atoms with E-state index in [9.17, 15) is 9.59 Å². The largest absolute Gasteiger partial charge is 0.497 e. The minimum absolute atomic E-state index is 0.00220. The molecule has 2 heterocycles. The zero-order valence-corrected chi connectivity index (χ0v) is 19.5. The lowest BCUT2D eigenvalue weighted by molar-refractivity contribution is -0.123. The summed E-state index contributed by atoms with van der Waals surface area (Å²) in [6.07, 6.45) is 1.48. The molecule has 6 heteroatoms. The van der Waals surface area contributed by atoms with Crippen LogP contribution in [0.1, 0.15) is 48.6 Å². The molecule has 3 aromatic rings. The van der Waals surface area contributed by atoms with Crippen LogP contribution >= 0.6 is 11.3 Å². The van der Waals surface area contributed by atoms with Crippen LogP contribution in [-0.4, -0.2) is 24.5 Å². The van der Waals surface area contributed by atoms with Crippen LogP contribution in [0.2, 0.25) is 0 Å². The molecule has 1 aromatic heterocycles. The molecule has 0 saturated heterocycles. The van der Waals surface area contributed by atoms with E-state index in [0.29, 0.717) is 19.3 Å². The highest BCUT2D eigenvalue weighted by atomic mass is 32.1. The number of benzene rings is 2. The second kappa shape index (κ2) is 8.94. The number of nitrogens with zero attached hydrogens (tertiary/aromatic N) is 2. The van der Waals surface area contributed by atoms with Crippen molar-refractivity contribution in [3.63, 3.8) is 0 Å². The molecule has 168 valence electrons. The van der Waals surface area contributed by atoms with Crippen molar-refractivity contribution in [1.29, 1.82) is 0 Å². The van der Waals surface area contributed by atoms with Crippen molar-refractivity contribution < 1.29 is 14.3 Å². The highest BCUT2D eigenvalue weighted by Gasteiger charge is 2.46. The van der Waals surface area contributed by atoms with Gasteiger partial charge in [-0.3, -0.25) is 14.6 Å². The summed E-state index contributed by atoms with van der Waals surface area (Å²) < 4.78 is 5.29. The maximum atomic E-state index is 13.8. The van der Waals surface area contributed by atoms with Gasteiger partial charge in [-0.1, -0.05) is 37.3 Å². The smallest absolute Gasteiger partial charge is 0.227 e. The number of para-hydroxylation sites is 2. The number of hydrogen-bond acceptors (Lipinski definition) is 5. The second-order valence-electron chi connectivity index (χ2n) is 8.49. The Kier molecular flexibility index (Phi) is 5.85. The Labute approximate surface area is 197 Å². The summed E-state index contributed by atoms with van der Waals surface area (Å²) in [7, 11) is 1.65. The van der Waals surface area contributed by atoms with Gasteiger partial charge in [0.15, 0.2) is 0 Å². The van der Waals surface area contributed by atoms with Crippen LogP contribution in [0.15, 0.2) is 71.0 Å². The van der Waals surface area contributed by atoms with Crippen molar-refractivity contribution in [2.75, 3.05) is 12.0 Å². The van der Waals surface area contributed by atoms with Crippen LogP contribution in [0, 0.1) is 5.92 Å². The zero-order chi connectivity index (χ0) is 22.9. The molecule has 0 N–H and O–H groups in total. The fourth-order valence-corrected chi connectivity index (χ4v) is 5.87. The summed E-state index contributed by atoms with van der Waals surface area (Å²) in [6, 6.07) is 19.3. The van der Waals surface area contributed by atoms with Crippen LogP contribution in [0.4, 0.5) is 11.4 Å². The highest BCUT2D eigenvalue weighted by molar-refractivity contribution is 7.10. The van der Waals surface area contributed by atoms with Crippen molar-refractivity contribution in [3.8, 4) is 5.75 Å². The minimum atomic E-state index is -0.443. The molecule has 3 unspecified atom stereocenters. The van der Waals surface area contributed by atoms with Crippen molar-refractivity contribution in [2.45, 2.75) is 38.1 Å². The molecule has 1 amide bonds. The number of hydrogen-bond donors (Lipinski definition) is 0. The first-order valence-electron chi connectivity index (χ1n) is 11.3. The van der Waals surface area contributed by atoms with Gasteiger partial charge in [-0.15, -0.1) is 11.3 Å². The maximum Gasteiger partial charge on any atom is 0.227 e. The van der Waals surface area contributed by atoms with Crippen molar-refractivity contribution in [2.24, 2.45) is 10.9 Å². The monoisotopic (exact) mass is 458 g/mol. The van der Waals surface area contributed by atoms with E-state index in [-0.39, 0.29) is 23.7 Å². The number of fused-ring (bicyclic) bond motifs is 2. The molecule has 1 fully saturated rings. The summed E-state index contributed by atoms with van der Waals surface area (Å²) in [5, 5.41) is 2.00. The summed E-state index contributed by atoms with van der Waals surface area (Å²) in [4.78, 5) is 34.9. The Balaban J connectivity index is 1.63. The van der Waals surface area contributed by atoms with Gasteiger partial charge in [0.25, 0.3) is 0 Å². The normalized spacial score (nSPS) is 22.1. The van der Waals surface area contributed by atoms with E-state index in [1.54, 1.807) is 18.4 Å². The average Bonchev–Trinajstić information content (AvgIpc) is 3.33. The van der Waals surface area contributed by atoms with E-state index in [1.807, 2.05) is 77.9 Å². The number of amides is 1. The number of ether oxygens (including phenoxy) is 1. The number of carbonyl (C=O) groups excluding carboxylic acids is 2. The predicted octanol–water partition coefficient (Wildman–Crippen LogP) is 6.09. The Morgan fingerprint density at radius 3 is 2.58 bits per heavy atom. The first-order chi connectivity index (χ1) is 16.1. The lowest BCUT2D eigenvalue weighted by Gasteiger charge is -2.38. The fourth-order valence-electron chi connectivity index (χ4n) is 5.02. The van der Waals surface area contributed by atoms with Gasteiger partial charge in [-0.05, 0) is 53.6 Å². The summed E-state index contributed by atoms with van der Waals surface area (Å²) in [5.41, 5.74) is 3.50. The number of methoxy groups -OCH3 is 1. The minimum Gasteiger partial charge on any atom is -0.497 e. The highest BCUT2D eigenvalue weighted by Crippen LogP contribution is 2.48. The topological polar surface area (TPSA) is 59.0 Å². The molecule has 0 spiro atoms. The zero-order valence-electron chi connectivity index (χ0n) is 18.7. The van der Waals surface area contributed by atoms with Crippen molar-refractivity contribution in [1.82, 2.24) is 0 Å². The van der Waals surface area contributed by atoms with Gasteiger partial charge < -0.3 is 9.64 Å². The van der Waals surface area contributed by atoms with Crippen LogP contribution in [-0.2, 0) is 9.59 Å². The molecule has 5 rings (SSSR count). The molecule has 3 atom stereocenters. The molecule has 0 radical (unpaired) electrons. The molecule has 5 nitrogen and oxygen atoms in total. The first-order valence-corrected chi connectivity index (χ1v) is 12.2. The van der Waals surface area contributed by atoms with Crippen LogP contribution in [0.25, 0.3) is 0 Å². The summed E-state index contributed by atoms with van der Waals surface area (Å²) in [5.74, 6) is 0.554. The molecule has 33 heavy (non-hydrogen) atoms. The number of thiophene rings is 1. The number of Topliss-reactive ketones (excluding diaryl/α,β-unsaturated/α-hetero) is 1. The first kappa shape index (κ1) is 21.6. The van der Waals surface area contributed by atoms with Gasteiger partial charge in [-0.25, -0.2) is 0 Å². The van der Waals surface area contributed by atoms with Crippen LogP contribution < -0.4 is 9.64 Å². The molecule has 1 aliphatic heterocycles. The average molecular weight is 459 g/mol. The Morgan fingerprint density at radius 2 is 1.88 bits per heavy atom. The van der Waals surface area contributed by atoms with Gasteiger partial charge >= 0.3 is 0 Å². The lowest BCUT2D eigenvalue weighted by Crippen LogP contribution is -2.45. The van der Waals surface area contributed by atoms with E-state index in [0.717, 1.165) is 33.3 Å². The number of ketones is 1. The number of anilines is 1. The van der Waals surface area contributed by atoms with E-state index in [2.05, 4.69) is 0 Å². The quantitative estimate of drug-likeness (QED) is 0.475. The summed E-state index contributed by atoms with van der Waals surface area (Å²) in [6.45, 7) is 1.87. The fraction of sp³-hybridized carbons (Fsp3) is 0.296. The van der Waals surface area contributed by atoms with E-state index < -0.39 is 5.92 Å². The third kappa shape index (κ3) is 3.89. The molecule has 2 aromatic carbocycles. The van der Waals surface area contributed by atoms with Gasteiger partial charge in [0.2, 0.25) is 5.91 Å². The summed E-state index contributed by atoms with van der Waals surface area (Å²) >= 11 is 1.59. The Hall–Kier alpha value is -3.25. The Bertz CT molecular complexity index is 1200. The van der Waals surface area contributed by atoms with Crippen molar-refractivity contribution >= 4 is 40.1 Å². The maximum absolute atomic E-state index is 13.8. The Morgan fingerprint density at radius 1 is 1.09 bits per heavy atom. The lowest BCUT2D eigenvalue weighted by atomic mass is 9.73. The molecule has 0 bridgehead atoms. The van der Waals surface area contributed by atoms with Gasteiger partial charge in [0, 0.05) is 23.4 Å². The van der Waals surface area contributed by atoms with E-state index >= 15 is 0 Å². The van der Waals surface area contributed by atoms with E-state index in [1.165, 1.54) is 0 Å². The molecule has 1 saturated carbocycles. The number of aliphatic imine (C=N–C) groups is 1. The molecule has 1 aliphatic carbocycles. The van der Waals surface area contributed by atoms with E-state index in [4.69, 9.17) is 9.73 Å². The van der Waals surface area contributed by atoms with Crippen molar-refractivity contribution in [3.05, 3.63) is 76.5 Å². The van der Waals surface area contributed by atoms with Crippen LogP contribution in [0.3, 0.4) is 0 Å². The SMILES string of the molecule is CCC(=O)N1c2ccccc2N=C2CC(c3ccc(OC)cc3)CC(=O)C2C1c1cccs1. The molecular weight excluding hydrogens is 432 g/mol.